The van der Waals surface area contributed by atoms with Crippen molar-refractivity contribution in [2.45, 2.75) is 25.9 Å². The summed E-state index contributed by atoms with van der Waals surface area (Å²) in [5.74, 6) is -0.551. The van der Waals surface area contributed by atoms with Crippen molar-refractivity contribution in [1.29, 1.82) is 0 Å². The quantitative estimate of drug-likeness (QED) is 0.595. The molecule has 0 rings (SSSR count). The molecule has 0 saturated carbocycles. The average molecular weight is 133 g/mol. The minimum Gasteiger partial charge on any atom is -0.356 e. The highest BCUT2D eigenvalue weighted by Crippen LogP contribution is 2.13. The van der Waals surface area contributed by atoms with Gasteiger partial charge < -0.3 is 5.32 Å². The maximum Gasteiger partial charge on any atom is 0.257 e. The Balaban J connectivity index is 3.97. The molecule has 0 heterocycles. The molecule has 1 N–H and O–H groups in total. The van der Waals surface area contributed by atoms with Gasteiger partial charge in [0.2, 0.25) is 0 Å². The molecule has 0 aromatic heterocycles. The summed E-state index contributed by atoms with van der Waals surface area (Å²) < 4.78 is 12.8. The Morgan fingerprint density at radius 3 is 2.33 bits per heavy atom. The lowest BCUT2D eigenvalue weighted by Crippen LogP contribution is -2.38. The molecular weight excluding hydrogens is 121 g/mol. The second-order valence-electron chi connectivity index (χ2n) is 2.13. The number of alkyl halides is 1. The topological polar surface area (TPSA) is 29.1 Å². The first kappa shape index (κ1) is 8.40. The molecule has 9 heavy (non-hydrogen) atoms. The van der Waals surface area contributed by atoms with Gasteiger partial charge in [0.15, 0.2) is 5.67 Å². The van der Waals surface area contributed by atoms with Crippen LogP contribution in [-0.2, 0) is 4.79 Å². The van der Waals surface area contributed by atoms with E-state index >= 15 is 0 Å². The highest BCUT2D eigenvalue weighted by Gasteiger charge is 2.28. The van der Waals surface area contributed by atoms with E-state index in [1.54, 1.807) is 6.92 Å². The number of amides is 1. The fraction of sp³-hybridized carbons (Fsp3) is 0.833. The summed E-state index contributed by atoms with van der Waals surface area (Å²) in [7, 11) is 1.43. The number of carbonyl (C=O) groups excluding carboxylic acids is 1. The number of nitrogens with one attached hydrogen (secondary N) is 1. The van der Waals surface area contributed by atoms with Crippen LogP contribution in [-0.4, -0.2) is 18.6 Å². The molecular formula is C6H12FNO. The van der Waals surface area contributed by atoms with E-state index in [1.807, 2.05) is 0 Å². The zero-order valence-corrected chi connectivity index (χ0v) is 5.99. The summed E-state index contributed by atoms with van der Waals surface area (Å²) in [4.78, 5) is 10.6. The number of hydrogen-bond donors (Lipinski definition) is 1. The van der Waals surface area contributed by atoms with Gasteiger partial charge in [0.05, 0.1) is 0 Å². The van der Waals surface area contributed by atoms with Crippen molar-refractivity contribution in [3.63, 3.8) is 0 Å². The van der Waals surface area contributed by atoms with E-state index in [-0.39, 0.29) is 6.42 Å². The van der Waals surface area contributed by atoms with E-state index in [9.17, 15) is 9.18 Å². The van der Waals surface area contributed by atoms with Crippen molar-refractivity contribution in [1.82, 2.24) is 5.32 Å². The van der Waals surface area contributed by atoms with Gasteiger partial charge in [-0.3, -0.25) is 4.79 Å². The minimum atomic E-state index is -1.70. The van der Waals surface area contributed by atoms with Crippen molar-refractivity contribution in [3.05, 3.63) is 0 Å². The van der Waals surface area contributed by atoms with Crippen molar-refractivity contribution in [3.8, 4) is 0 Å². The van der Waals surface area contributed by atoms with Crippen LogP contribution in [0.1, 0.15) is 20.3 Å². The van der Waals surface area contributed by atoms with E-state index in [2.05, 4.69) is 5.32 Å². The van der Waals surface area contributed by atoms with Crippen LogP contribution in [0.2, 0.25) is 0 Å². The third kappa shape index (κ3) is 2.00. The van der Waals surface area contributed by atoms with Crippen LogP contribution >= 0.6 is 0 Å². The number of halogens is 1. The molecule has 0 unspecified atom stereocenters. The second kappa shape index (κ2) is 2.80. The Kier molecular flexibility index (Phi) is 2.62. The number of rotatable bonds is 2. The van der Waals surface area contributed by atoms with Gasteiger partial charge in [0.1, 0.15) is 0 Å². The predicted molar refractivity (Wildman–Crippen MR) is 33.9 cm³/mol. The van der Waals surface area contributed by atoms with Gasteiger partial charge in [-0.2, -0.15) is 0 Å². The van der Waals surface area contributed by atoms with Crippen molar-refractivity contribution in [2.75, 3.05) is 7.05 Å². The predicted octanol–water partition coefficient (Wildman–Crippen LogP) is 0.871. The molecule has 0 aliphatic rings. The fourth-order valence-electron chi connectivity index (χ4n) is 0.421. The van der Waals surface area contributed by atoms with Crippen LogP contribution in [0.15, 0.2) is 0 Å². The zero-order chi connectivity index (χ0) is 7.49. The van der Waals surface area contributed by atoms with Gasteiger partial charge in [-0.1, -0.05) is 6.92 Å². The first-order valence-electron chi connectivity index (χ1n) is 2.95. The monoisotopic (exact) mass is 133 g/mol. The van der Waals surface area contributed by atoms with Gasteiger partial charge in [-0.05, 0) is 13.3 Å². The third-order valence-corrected chi connectivity index (χ3v) is 1.36. The van der Waals surface area contributed by atoms with Crippen LogP contribution < -0.4 is 5.32 Å². The Labute approximate surface area is 54.4 Å². The summed E-state index contributed by atoms with van der Waals surface area (Å²) in [6.07, 6.45) is 0.215. The van der Waals surface area contributed by atoms with Gasteiger partial charge in [-0.25, -0.2) is 4.39 Å². The average Bonchev–Trinajstić information content (AvgIpc) is 1.86. The fourth-order valence-corrected chi connectivity index (χ4v) is 0.421. The lowest BCUT2D eigenvalue weighted by molar-refractivity contribution is -0.131. The summed E-state index contributed by atoms with van der Waals surface area (Å²) in [6.45, 7) is 2.90. The molecule has 0 fully saturated rings. The second-order valence-corrected chi connectivity index (χ2v) is 2.13. The van der Waals surface area contributed by atoms with Crippen molar-refractivity contribution >= 4 is 5.91 Å². The largest absolute Gasteiger partial charge is 0.356 e. The molecule has 1 atom stereocenters. The highest BCUT2D eigenvalue weighted by molar-refractivity contribution is 5.84. The van der Waals surface area contributed by atoms with E-state index < -0.39 is 11.6 Å². The maximum absolute atomic E-state index is 12.8. The zero-order valence-electron chi connectivity index (χ0n) is 5.99. The Morgan fingerprint density at radius 1 is 1.78 bits per heavy atom. The maximum atomic E-state index is 12.8. The van der Waals surface area contributed by atoms with E-state index in [0.29, 0.717) is 0 Å². The number of hydrogen-bond acceptors (Lipinski definition) is 1. The van der Waals surface area contributed by atoms with Crippen molar-refractivity contribution < 1.29 is 9.18 Å². The molecule has 0 aromatic carbocycles. The van der Waals surface area contributed by atoms with Gasteiger partial charge >= 0.3 is 0 Å². The summed E-state index contributed by atoms with van der Waals surface area (Å²) in [5, 5.41) is 2.24. The SMILES string of the molecule is CC[C@](C)(F)C(=O)NC. The molecule has 0 aliphatic heterocycles. The van der Waals surface area contributed by atoms with Crippen molar-refractivity contribution in [2.24, 2.45) is 0 Å². The minimum absolute atomic E-state index is 0.215. The normalized spacial score (nSPS) is 16.4. The molecule has 0 spiro atoms. The van der Waals surface area contributed by atoms with E-state index in [4.69, 9.17) is 0 Å². The van der Waals surface area contributed by atoms with Crippen LogP contribution in [0.3, 0.4) is 0 Å². The Morgan fingerprint density at radius 2 is 2.22 bits per heavy atom. The van der Waals surface area contributed by atoms with Gasteiger partial charge in [-0.15, -0.1) is 0 Å². The highest BCUT2D eigenvalue weighted by atomic mass is 19.1. The summed E-state index contributed by atoms with van der Waals surface area (Å²) in [6, 6.07) is 0. The Hall–Kier alpha value is -0.600. The van der Waals surface area contributed by atoms with Gasteiger partial charge in [0, 0.05) is 7.05 Å². The van der Waals surface area contributed by atoms with Crippen LogP contribution in [0, 0.1) is 0 Å². The molecule has 2 nitrogen and oxygen atoms in total. The smallest absolute Gasteiger partial charge is 0.257 e. The molecule has 54 valence electrons. The van der Waals surface area contributed by atoms with E-state index in [1.165, 1.54) is 14.0 Å². The van der Waals surface area contributed by atoms with Gasteiger partial charge in [0.25, 0.3) is 5.91 Å². The summed E-state index contributed by atoms with van der Waals surface area (Å²) in [5.41, 5.74) is -1.70. The third-order valence-electron chi connectivity index (χ3n) is 1.36. The van der Waals surface area contributed by atoms with E-state index in [0.717, 1.165) is 0 Å². The molecule has 0 aromatic rings. The number of carbonyl (C=O) groups is 1. The first-order chi connectivity index (χ1) is 4.04. The standard InChI is InChI=1S/C6H12FNO/c1-4-6(2,7)5(9)8-3/h4H2,1-3H3,(H,8,9)/t6-/m0/s1. The lowest BCUT2D eigenvalue weighted by Gasteiger charge is -2.14. The molecule has 0 bridgehead atoms. The molecule has 0 radical (unpaired) electrons. The molecule has 0 saturated heterocycles. The Bertz CT molecular complexity index is 112. The van der Waals surface area contributed by atoms with Crippen LogP contribution in [0.25, 0.3) is 0 Å². The lowest BCUT2D eigenvalue weighted by atomic mass is 10.1. The van der Waals surface area contributed by atoms with Crippen LogP contribution in [0.4, 0.5) is 4.39 Å². The summed E-state index contributed by atoms with van der Waals surface area (Å²) >= 11 is 0. The van der Waals surface area contributed by atoms with Crippen LogP contribution in [0.5, 0.6) is 0 Å². The molecule has 3 heteroatoms. The molecule has 0 aliphatic carbocycles. The first-order valence-corrected chi connectivity index (χ1v) is 2.95. The molecule has 1 amide bonds.